The van der Waals surface area contributed by atoms with Crippen molar-refractivity contribution < 1.29 is 23.2 Å². The van der Waals surface area contributed by atoms with Gasteiger partial charge in [-0.15, -0.1) is 10.2 Å². The number of aryl methyl sites for hydroxylation is 1. The number of nitrogens with one attached hydrogen (secondary N) is 1. The van der Waals surface area contributed by atoms with Crippen LogP contribution in [0.15, 0.2) is 75.8 Å². The molecule has 0 fully saturated rings. The van der Waals surface area contributed by atoms with Crippen molar-refractivity contribution in [1.29, 1.82) is 0 Å². The lowest BCUT2D eigenvalue weighted by Crippen LogP contribution is -2.22. The second-order valence-corrected chi connectivity index (χ2v) is 11.4. The third kappa shape index (κ3) is 9.03. The van der Waals surface area contributed by atoms with Gasteiger partial charge in [0.05, 0.1) is 34.0 Å². The monoisotopic (exact) mass is 605 g/mol. The zero-order chi connectivity index (χ0) is 29.1. The Kier molecular flexibility index (Phi) is 11.9. The van der Waals surface area contributed by atoms with Crippen LogP contribution in [0.3, 0.4) is 0 Å². The molecule has 0 unspecified atom stereocenters. The molecule has 0 aliphatic heterocycles. The van der Waals surface area contributed by atoms with Crippen LogP contribution in [-0.2, 0) is 16.7 Å². The summed E-state index contributed by atoms with van der Waals surface area (Å²) in [5, 5.41) is 28.8. The predicted molar refractivity (Wildman–Crippen MR) is 160 cm³/mol. The van der Waals surface area contributed by atoms with Crippen molar-refractivity contribution in [2.24, 2.45) is 10.2 Å². The molecule has 0 aliphatic carbocycles. The van der Waals surface area contributed by atoms with E-state index in [1.54, 1.807) is 0 Å². The molecule has 1 aromatic heterocycles. The molecular formula is C27H32ClN5O5S2. The highest BCUT2D eigenvalue weighted by Gasteiger charge is 2.13. The number of benzene rings is 3. The van der Waals surface area contributed by atoms with Gasteiger partial charge in [0, 0.05) is 36.9 Å². The van der Waals surface area contributed by atoms with Gasteiger partial charge in [-0.25, -0.2) is 4.98 Å². The molecule has 4 rings (SSSR count). The molecule has 0 atom stereocenters. The van der Waals surface area contributed by atoms with Crippen LogP contribution in [0.4, 0.5) is 16.5 Å². The van der Waals surface area contributed by atoms with Crippen LogP contribution in [0.5, 0.6) is 0 Å². The number of halogens is 1. The third-order valence-corrected chi connectivity index (χ3v) is 7.83. The minimum absolute atomic E-state index is 0.139. The Bertz CT molecular complexity index is 1540. The van der Waals surface area contributed by atoms with E-state index in [9.17, 15) is 13.0 Å². The number of thiazole rings is 1. The number of aliphatic hydroxyl groups is 2. The van der Waals surface area contributed by atoms with E-state index in [4.69, 9.17) is 21.8 Å². The molecule has 0 spiro atoms. The first-order valence-corrected chi connectivity index (χ1v) is 15.1. The second-order valence-electron chi connectivity index (χ2n) is 8.57. The van der Waals surface area contributed by atoms with Gasteiger partial charge >= 0.3 is 0 Å². The van der Waals surface area contributed by atoms with Crippen LogP contribution in [0.2, 0.25) is 5.02 Å². The minimum atomic E-state index is -4.27. The van der Waals surface area contributed by atoms with E-state index in [1.807, 2.05) is 43.3 Å². The summed E-state index contributed by atoms with van der Waals surface area (Å²) in [5.41, 5.74) is 4.39. The van der Waals surface area contributed by atoms with Crippen LogP contribution in [-0.4, -0.2) is 61.0 Å². The van der Waals surface area contributed by atoms with E-state index in [0.717, 1.165) is 28.4 Å². The fourth-order valence-electron chi connectivity index (χ4n) is 3.64. The van der Waals surface area contributed by atoms with Crippen LogP contribution in [0.1, 0.15) is 18.1 Å². The Balaban J connectivity index is 0.000000559. The van der Waals surface area contributed by atoms with Gasteiger partial charge in [0.25, 0.3) is 10.1 Å². The van der Waals surface area contributed by atoms with Gasteiger partial charge in [-0.05, 0) is 67.4 Å². The predicted octanol–water partition coefficient (Wildman–Crippen LogP) is 5.51. The lowest BCUT2D eigenvalue weighted by Gasteiger charge is -2.24. The quantitative estimate of drug-likeness (QED) is 0.0994. The van der Waals surface area contributed by atoms with Crippen molar-refractivity contribution in [3.63, 3.8) is 0 Å². The van der Waals surface area contributed by atoms with Gasteiger partial charge in [-0.1, -0.05) is 41.1 Å². The van der Waals surface area contributed by atoms with Gasteiger partial charge in [-0.3, -0.25) is 4.55 Å². The molecule has 3 aromatic carbocycles. The molecule has 1 heterocycles. The molecule has 4 N–H and O–H groups in total. The number of anilines is 1. The molecule has 13 heteroatoms. The van der Waals surface area contributed by atoms with Crippen LogP contribution in [0.25, 0.3) is 10.2 Å². The lowest BCUT2D eigenvalue weighted by atomic mass is 10.1. The maximum absolute atomic E-state index is 11.3. The zero-order valence-electron chi connectivity index (χ0n) is 22.2. The summed E-state index contributed by atoms with van der Waals surface area (Å²) < 4.78 is 32.5. The van der Waals surface area contributed by atoms with E-state index in [0.29, 0.717) is 40.7 Å². The highest BCUT2D eigenvalue weighted by molar-refractivity contribution is 7.85. The molecule has 4 aromatic rings. The van der Waals surface area contributed by atoms with Gasteiger partial charge < -0.3 is 20.4 Å². The van der Waals surface area contributed by atoms with E-state index >= 15 is 0 Å². The number of hydrogen-bond acceptors (Lipinski definition) is 10. The summed E-state index contributed by atoms with van der Waals surface area (Å²) in [6, 6.07) is 18.0. The highest BCUT2D eigenvalue weighted by Crippen LogP contribution is 2.32. The first-order chi connectivity index (χ1) is 19.2. The van der Waals surface area contributed by atoms with E-state index in [-0.39, 0.29) is 18.1 Å². The largest absolute Gasteiger partial charge is 0.395 e. The van der Waals surface area contributed by atoms with E-state index in [1.165, 1.54) is 29.5 Å². The zero-order valence-corrected chi connectivity index (χ0v) is 24.5. The maximum atomic E-state index is 11.3. The summed E-state index contributed by atoms with van der Waals surface area (Å²) in [6.45, 7) is 7.01. The molecule has 0 radical (unpaired) electrons. The average Bonchev–Trinajstić information content (AvgIpc) is 3.34. The highest BCUT2D eigenvalue weighted by atomic mass is 35.5. The van der Waals surface area contributed by atoms with Crippen molar-refractivity contribution in [1.82, 2.24) is 10.3 Å². The Hall–Kier alpha value is -2.97. The Labute approximate surface area is 242 Å². The van der Waals surface area contributed by atoms with Crippen LogP contribution < -0.4 is 10.2 Å². The molecule has 0 amide bonds. The first-order valence-electron chi connectivity index (χ1n) is 12.5. The average molecular weight is 606 g/mol. The summed E-state index contributed by atoms with van der Waals surface area (Å²) in [5.74, 6) is 0. The Morgan fingerprint density at radius 3 is 2.38 bits per heavy atom. The van der Waals surface area contributed by atoms with E-state index in [2.05, 4.69) is 38.4 Å². The lowest BCUT2D eigenvalue weighted by molar-refractivity contribution is 0.266. The van der Waals surface area contributed by atoms with E-state index < -0.39 is 10.1 Å². The number of nitrogens with zero attached hydrogens (tertiary/aromatic N) is 4. The molecule has 10 nitrogen and oxygen atoms in total. The summed E-state index contributed by atoms with van der Waals surface area (Å²) in [6.07, 6.45) is 0. The van der Waals surface area contributed by atoms with Gasteiger partial charge in [0.2, 0.25) is 5.13 Å². The van der Waals surface area contributed by atoms with Gasteiger partial charge in [0.15, 0.2) is 0 Å². The number of fused-ring (bicyclic) bond motifs is 1. The number of aliphatic hydroxyl groups excluding tert-OH is 2. The van der Waals surface area contributed by atoms with Crippen molar-refractivity contribution in [2.45, 2.75) is 25.3 Å². The molecule has 0 saturated heterocycles. The molecule has 0 aliphatic rings. The molecule has 40 heavy (non-hydrogen) atoms. The topological polar surface area (TPSA) is 148 Å². The standard InChI is InChI=1S/C23H21ClN4O3S2.C4H11NO2/c1-3-28(14-16-6-4-5-7-19(16)24)17-8-10-20(15(2)12-17)26-27-23-25-21-11-9-18(33(29,30)31)13-22(21)32-23;6-3-1-5-2-4-7/h4-13H,3,14H2,1-2H3,(H,29,30,31);5-7H,1-4H2. The molecule has 0 bridgehead atoms. The Morgan fingerprint density at radius 2 is 1.75 bits per heavy atom. The van der Waals surface area contributed by atoms with Gasteiger partial charge in [-0.2, -0.15) is 8.42 Å². The molecule has 0 saturated carbocycles. The second kappa shape index (κ2) is 15.1. The number of hydrogen-bond donors (Lipinski definition) is 4. The van der Waals surface area contributed by atoms with Crippen molar-refractivity contribution in [3.8, 4) is 0 Å². The Morgan fingerprint density at radius 1 is 1.02 bits per heavy atom. The smallest absolute Gasteiger partial charge is 0.294 e. The normalized spacial score (nSPS) is 11.6. The fraction of sp³-hybridized carbons (Fsp3) is 0.296. The molecular weight excluding hydrogens is 574 g/mol. The number of rotatable bonds is 11. The molecule has 214 valence electrons. The summed E-state index contributed by atoms with van der Waals surface area (Å²) >= 11 is 7.53. The first kappa shape index (κ1) is 31.6. The van der Waals surface area contributed by atoms with Crippen molar-refractivity contribution >= 4 is 59.8 Å². The van der Waals surface area contributed by atoms with Crippen LogP contribution >= 0.6 is 22.9 Å². The number of aromatic nitrogens is 1. The minimum Gasteiger partial charge on any atom is -0.395 e. The number of azo groups is 1. The maximum Gasteiger partial charge on any atom is 0.294 e. The summed E-state index contributed by atoms with van der Waals surface area (Å²) in [4.78, 5) is 6.41. The van der Waals surface area contributed by atoms with Gasteiger partial charge in [0.1, 0.15) is 0 Å². The van der Waals surface area contributed by atoms with Crippen molar-refractivity contribution in [2.75, 3.05) is 37.7 Å². The van der Waals surface area contributed by atoms with Crippen LogP contribution in [0, 0.1) is 6.92 Å². The SMILES string of the molecule is CCN(Cc1ccccc1Cl)c1ccc(N=Nc2nc3ccc(S(=O)(=O)O)cc3s2)c(C)c1.OCCNCCO. The summed E-state index contributed by atoms with van der Waals surface area (Å²) in [7, 11) is -4.27. The fourth-order valence-corrected chi connectivity index (χ4v) is 5.25. The third-order valence-electron chi connectivity index (χ3n) is 5.71. The van der Waals surface area contributed by atoms with Crippen molar-refractivity contribution in [3.05, 3.63) is 76.8 Å².